The van der Waals surface area contributed by atoms with Crippen LogP contribution in [0.3, 0.4) is 0 Å². The van der Waals surface area contributed by atoms with Crippen molar-refractivity contribution in [2.75, 3.05) is 51.9 Å². The van der Waals surface area contributed by atoms with E-state index in [-0.39, 0.29) is 24.7 Å². The van der Waals surface area contributed by atoms with Crippen LogP contribution in [-0.4, -0.2) is 76.0 Å². The molecular weight excluding hydrogens is 330 g/mol. The van der Waals surface area contributed by atoms with Crippen molar-refractivity contribution in [1.82, 2.24) is 10.2 Å². The fraction of sp³-hybridized carbons (Fsp3) is 0.650. The van der Waals surface area contributed by atoms with Crippen molar-refractivity contribution in [2.24, 2.45) is 0 Å². The molecule has 0 aromatic heterocycles. The van der Waals surface area contributed by atoms with Gasteiger partial charge in [-0.3, -0.25) is 4.79 Å². The van der Waals surface area contributed by atoms with Gasteiger partial charge in [0.25, 0.3) is 0 Å². The zero-order valence-corrected chi connectivity index (χ0v) is 15.9. The van der Waals surface area contributed by atoms with Crippen molar-refractivity contribution in [1.29, 1.82) is 0 Å². The number of para-hydroxylation sites is 1. The quantitative estimate of drug-likeness (QED) is 0.832. The van der Waals surface area contributed by atoms with Crippen LogP contribution in [0.5, 0.6) is 0 Å². The summed E-state index contributed by atoms with van der Waals surface area (Å²) in [5.41, 5.74) is 1.31. The number of benzene rings is 1. The molecule has 26 heavy (non-hydrogen) atoms. The Balaban J connectivity index is 1.47. The molecular formula is C20H31N3O3. The van der Waals surface area contributed by atoms with Crippen molar-refractivity contribution in [3.8, 4) is 0 Å². The van der Waals surface area contributed by atoms with E-state index in [0.717, 1.165) is 39.0 Å². The Hall–Kier alpha value is -1.63. The number of carbonyl (C=O) groups is 1. The Morgan fingerprint density at radius 3 is 2.65 bits per heavy atom. The minimum absolute atomic E-state index is 0.00880. The van der Waals surface area contributed by atoms with E-state index in [1.807, 2.05) is 0 Å². The van der Waals surface area contributed by atoms with E-state index >= 15 is 0 Å². The van der Waals surface area contributed by atoms with Crippen LogP contribution in [0.1, 0.15) is 19.3 Å². The predicted octanol–water partition coefficient (Wildman–Crippen LogP) is 1.51. The van der Waals surface area contributed by atoms with Crippen LogP contribution < -0.4 is 10.2 Å². The Morgan fingerprint density at radius 1 is 1.23 bits per heavy atom. The van der Waals surface area contributed by atoms with Crippen LogP contribution in [0.2, 0.25) is 0 Å². The maximum Gasteiger partial charge on any atom is 0.248 e. The third-order valence-electron chi connectivity index (χ3n) is 5.29. The second-order valence-electron chi connectivity index (χ2n) is 7.37. The van der Waals surface area contributed by atoms with E-state index in [1.165, 1.54) is 5.69 Å². The van der Waals surface area contributed by atoms with Gasteiger partial charge in [0.1, 0.15) is 6.61 Å². The molecule has 0 saturated carbocycles. The molecule has 144 valence electrons. The molecule has 3 rings (SSSR count). The number of nitrogens with zero attached hydrogens (tertiary/aromatic N) is 2. The third-order valence-corrected chi connectivity index (χ3v) is 5.29. The second-order valence-corrected chi connectivity index (χ2v) is 7.37. The molecule has 1 amide bonds. The number of piperidine rings is 1. The number of hydrogen-bond donors (Lipinski definition) is 1. The first-order valence-corrected chi connectivity index (χ1v) is 9.59. The van der Waals surface area contributed by atoms with E-state index in [9.17, 15) is 4.79 Å². The van der Waals surface area contributed by atoms with Gasteiger partial charge >= 0.3 is 0 Å². The summed E-state index contributed by atoms with van der Waals surface area (Å²) in [7, 11) is 3.50. The molecule has 1 aromatic rings. The Kier molecular flexibility index (Phi) is 6.88. The van der Waals surface area contributed by atoms with Gasteiger partial charge in [-0.25, -0.2) is 0 Å². The molecule has 2 heterocycles. The van der Waals surface area contributed by atoms with Crippen molar-refractivity contribution in [3.63, 3.8) is 0 Å². The molecule has 0 radical (unpaired) electrons. The standard InChI is InChI=1S/C20H31N3O3/c1-22(2)20(24)15-26-19-14-25-13-10-18(19)21-16-8-11-23(12-9-16)17-6-4-3-5-7-17/h3-7,16,18-19,21H,8-15H2,1-2H3/t18-,19-/m1/s1. The summed E-state index contributed by atoms with van der Waals surface area (Å²) in [6.45, 7) is 3.56. The van der Waals surface area contributed by atoms with Crippen LogP contribution in [0, 0.1) is 0 Å². The Morgan fingerprint density at radius 2 is 1.96 bits per heavy atom. The number of likely N-dealkylation sites (N-methyl/N-ethyl adjacent to an activating group) is 1. The van der Waals surface area contributed by atoms with Gasteiger partial charge in [0.05, 0.1) is 12.7 Å². The van der Waals surface area contributed by atoms with Gasteiger partial charge in [-0.1, -0.05) is 18.2 Å². The first kappa shape index (κ1) is 19.1. The molecule has 2 fully saturated rings. The molecule has 1 N–H and O–H groups in total. The fourth-order valence-corrected chi connectivity index (χ4v) is 3.62. The average molecular weight is 361 g/mol. The van der Waals surface area contributed by atoms with Crippen molar-refractivity contribution in [3.05, 3.63) is 30.3 Å². The first-order valence-electron chi connectivity index (χ1n) is 9.59. The number of ether oxygens (including phenoxy) is 2. The number of rotatable bonds is 6. The molecule has 1 aromatic carbocycles. The van der Waals surface area contributed by atoms with Gasteiger partial charge < -0.3 is 24.6 Å². The average Bonchev–Trinajstić information content (AvgIpc) is 2.68. The lowest BCUT2D eigenvalue weighted by molar-refractivity contribution is -0.140. The maximum atomic E-state index is 11.8. The molecule has 2 aliphatic rings. The summed E-state index contributed by atoms with van der Waals surface area (Å²) < 4.78 is 11.4. The fourth-order valence-electron chi connectivity index (χ4n) is 3.62. The van der Waals surface area contributed by atoms with Crippen LogP contribution >= 0.6 is 0 Å². The van der Waals surface area contributed by atoms with Crippen molar-refractivity contribution < 1.29 is 14.3 Å². The highest BCUT2D eigenvalue weighted by molar-refractivity contribution is 5.76. The Labute approximate surface area is 156 Å². The van der Waals surface area contributed by atoms with Gasteiger partial charge in [-0.2, -0.15) is 0 Å². The number of hydrogen-bond acceptors (Lipinski definition) is 5. The molecule has 0 unspecified atom stereocenters. The van der Waals surface area contributed by atoms with Gasteiger partial charge in [0.2, 0.25) is 5.91 Å². The summed E-state index contributed by atoms with van der Waals surface area (Å²) in [4.78, 5) is 15.8. The molecule has 6 heteroatoms. The summed E-state index contributed by atoms with van der Waals surface area (Å²) >= 11 is 0. The summed E-state index contributed by atoms with van der Waals surface area (Å²) in [6.07, 6.45) is 3.12. The number of amides is 1. The Bertz CT molecular complexity index is 559. The van der Waals surface area contributed by atoms with E-state index in [2.05, 4.69) is 40.5 Å². The lowest BCUT2D eigenvalue weighted by Crippen LogP contribution is -2.54. The molecule has 0 spiro atoms. The third kappa shape index (κ3) is 5.19. The number of anilines is 1. The topological polar surface area (TPSA) is 54.0 Å². The molecule has 0 bridgehead atoms. The van der Waals surface area contributed by atoms with Gasteiger partial charge in [-0.15, -0.1) is 0 Å². The monoisotopic (exact) mass is 361 g/mol. The minimum Gasteiger partial charge on any atom is -0.379 e. The van der Waals surface area contributed by atoms with Crippen LogP contribution in [0.4, 0.5) is 5.69 Å². The largest absolute Gasteiger partial charge is 0.379 e. The van der Waals surface area contributed by atoms with Crippen LogP contribution in [0.25, 0.3) is 0 Å². The zero-order chi connectivity index (χ0) is 18.4. The lowest BCUT2D eigenvalue weighted by Gasteiger charge is -2.39. The number of carbonyl (C=O) groups excluding carboxylic acids is 1. The summed E-state index contributed by atoms with van der Waals surface area (Å²) in [5.74, 6) is -0.00880. The molecule has 2 atom stereocenters. The SMILES string of the molecule is CN(C)C(=O)CO[C@@H]1COCC[C@H]1NC1CCN(c2ccccc2)CC1. The van der Waals surface area contributed by atoms with E-state index in [1.54, 1.807) is 19.0 Å². The van der Waals surface area contributed by atoms with Crippen LogP contribution in [-0.2, 0) is 14.3 Å². The summed E-state index contributed by atoms with van der Waals surface area (Å²) in [6, 6.07) is 11.4. The lowest BCUT2D eigenvalue weighted by atomic mass is 9.99. The summed E-state index contributed by atoms with van der Waals surface area (Å²) in [5, 5.41) is 3.78. The predicted molar refractivity (Wildman–Crippen MR) is 102 cm³/mol. The van der Waals surface area contributed by atoms with E-state index < -0.39 is 0 Å². The van der Waals surface area contributed by atoms with Gasteiger partial charge in [-0.05, 0) is 31.4 Å². The van der Waals surface area contributed by atoms with Crippen molar-refractivity contribution >= 4 is 11.6 Å². The van der Waals surface area contributed by atoms with Crippen molar-refractivity contribution in [2.45, 2.75) is 37.5 Å². The maximum absolute atomic E-state index is 11.8. The normalized spacial score (nSPS) is 24.5. The van der Waals surface area contributed by atoms with E-state index in [4.69, 9.17) is 9.47 Å². The zero-order valence-electron chi connectivity index (χ0n) is 15.9. The van der Waals surface area contributed by atoms with Crippen LogP contribution in [0.15, 0.2) is 30.3 Å². The number of nitrogens with one attached hydrogen (secondary N) is 1. The molecule has 2 aliphatic heterocycles. The minimum atomic E-state index is -0.0557. The van der Waals surface area contributed by atoms with Gasteiger partial charge in [0.15, 0.2) is 0 Å². The highest BCUT2D eigenvalue weighted by atomic mass is 16.5. The van der Waals surface area contributed by atoms with Gasteiger partial charge in [0, 0.05) is 51.6 Å². The second kappa shape index (κ2) is 9.35. The first-order chi connectivity index (χ1) is 12.6. The molecule has 2 saturated heterocycles. The highest BCUT2D eigenvalue weighted by Gasteiger charge is 2.30. The molecule has 0 aliphatic carbocycles. The molecule has 6 nitrogen and oxygen atoms in total. The smallest absolute Gasteiger partial charge is 0.248 e. The highest BCUT2D eigenvalue weighted by Crippen LogP contribution is 2.21. The van der Waals surface area contributed by atoms with E-state index in [0.29, 0.717) is 12.6 Å².